The first-order valence-electron chi connectivity index (χ1n) is 3.29. The van der Waals surface area contributed by atoms with Gasteiger partial charge in [-0.1, -0.05) is 0 Å². The average Bonchev–Trinajstić information content (AvgIpc) is 2.05. The summed E-state index contributed by atoms with van der Waals surface area (Å²) in [5.74, 6) is -0.121. The van der Waals surface area contributed by atoms with Crippen LogP contribution < -0.4 is 9.86 Å². The van der Waals surface area contributed by atoms with Gasteiger partial charge in [-0.05, 0) is 6.42 Å². The molecule has 0 aliphatic carbocycles. The summed E-state index contributed by atoms with van der Waals surface area (Å²) < 4.78 is 44.7. The van der Waals surface area contributed by atoms with Crippen molar-refractivity contribution < 1.29 is 16.8 Å². The quantitative estimate of drug-likeness (QED) is 0.552. The molecular formula is C4H10N2O4S2. The van der Waals surface area contributed by atoms with E-state index in [0.29, 0.717) is 6.42 Å². The van der Waals surface area contributed by atoms with E-state index in [1.165, 1.54) is 0 Å². The Morgan fingerprint density at radius 2 is 2.00 bits per heavy atom. The van der Waals surface area contributed by atoms with Crippen LogP contribution in [0.5, 0.6) is 0 Å². The Kier molecular flexibility index (Phi) is 2.43. The van der Waals surface area contributed by atoms with Gasteiger partial charge < -0.3 is 0 Å². The molecule has 8 heteroatoms. The molecule has 0 saturated carbocycles. The van der Waals surface area contributed by atoms with Crippen LogP contribution in [0.1, 0.15) is 6.42 Å². The number of hydrogen-bond donors (Lipinski definition) is 2. The summed E-state index contributed by atoms with van der Waals surface area (Å²) >= 11 is 0. The molecule has 6 nitrogen and oxygen atoms in total. The van der Waals surface area contributed by atoms with Crippen LogP contribution in [0.3, 0.4) is 0 Å². The van der Waals surface area contributed by atoms with E-state index in [9.17, 15) is 16.8 Å². The number of rotatable bonds is 2. The fraction of sp³-hybridized carbons (Fsp3) is 1.00. The highest BCUT2D eigenvalue weighted by atomic mass is 32.2. The van der Waals surface area contributed by atoms with Gasteiger partial charge in [-0.2, -0.15) is 13.1 Å². The molecule has 0 spiro atoms. The maximum absolute atomic E-state index is 10.9. The summed E-state index contributed by atoms with van der Waals surface area (Å²) in [5, 5.41) is 4.67. The van der Waals surface area contributed by atoms with E-state index < -0.39 is 26.1 Å². The van der Waals surface area contributed by atoms with Gasteiger partial charge in [0.2, 0.25) is 0 Å². The van der Waals surface area contributed by atoms with E-state index in [1.54, 1.807) is 0 Å². The van der Waals surface area contributed by atoms with Gasteiger partial charge >= 0.3 is 0 Å². The zero-order valence-corrected chi connectivity index (χ0v) is 7.86. The van der Waals surface area contributed by atoms with Gasteiger partial charge in [0, 0.05) is 6.04 Å². The first-order chi connectivity index (χ1) is 5.29. The summed E-state index contributed by atoms with van der Waals surface area (Å²) in [5.41, 5.74) is 0. The maximum Gasteiger partial charge on any atom is 0.274 e. The maximum atomic E-state index is 10.9. The second-order valence-corrected chi connectivity index (χ2v) is 6.32. The molecule has 0 aromatic carbocycles. The highest BCUT2D eigenvalue weighted by molar-refractivity contribution is 7.91. The van der Waals surface area contributed by atoms with Gasteiger partial charge in [0.15, 0.2) is 9.84 Å². The summed E-state index contributed by atoms with van der Waals surface area (Å²) in [6.45, 7) is 0. The minimum atomic E-state index is -3.77. The third kappa shape index (κ3) is 3.05. The minimum Gasteiger partial charge on any atom is -0.229 e. The monoisotopic (exact) mass is 214 g/mol. The molecule has 72 valence electrons. The summed E-state index contributed by atoms with van der Waals surface area (Å²) in [4.78, 5) is 0. The molecule has 1 fully saturated rings. The molecule has 0 aromatic heterocycles. The van der Waals surface area contributed by atoms with Crippen LogP contribution in [0.15, 0.2) is 0 Å². The van der Waals surface area contributed by atoms with Crippen LogP contribution in [-0.2, 0) is 20.0 Å². The van der Waals surface area contributed by atoms with Crippen LogP contribution in [-0.4, -0.2) is 34.4 Å². The molecule has 0 amide bonds. The van der Waals surface area contributed by atoms with Crippen LogP contribution in [0, 0.1) is 0 Å². The third-order valence-electron chi connectivity index (χ3n) is 1.56. The van der Waals surface area contributed by atoms with Gasteiger partial charge in [-0.3, -0.25) is 0 Å². The molecule has 1 saturated heterocycles. The number of sulfone groups is 1. The molecule has 0 radical (unpaired) electrons. The zero-order valence-electron chi connectivity index (χ0n) is 6.23. The number of hydrogen-bond acceptors (Lipinski definition) is 4. The van der Waals surface area contributed by atoms with Crippen molar-refractivity contribution in [2.75, 3.05) is 11.5 Å². The van der Waals surface area contributed by atoms with Crippen molar-refractivity contribution >= 4 is 20.0 Å². The molecule has 1 aliphatic rings. The van der Waals surface area contributed by atoms with Gasteiger partial charge in [0.1, 0.15) is 0 Å². The number of nitrogens with two attached hydrogens (primary N) is 1. The molecule has 1 heterocycles. The summed E-state index contributed by atoms with van der Waals surface area (Å²) in [7, 11) is -6.82. The second kappa shape index (κ2) is 2.95. The van der Waals surface area contributed by atoms with E-state index in [1.807, 2.05) is 4.72 Å². The standard InChI is InChI=1S/C4H10N2O4S2/c5-12(9,10)6-4-1-2-11(7,8)3-4/h4,6H,1-3H2,(H2,5,9,10). The Hall–Kier alpha value is -0.180. The molecule has 1 rings (SSSR count). The molecule has 0 aromatic rings. The lowest BCUT2D eigenvalue weighted by Crippen LogP contribution is -2.39. The van der Waals surface area contributed by atoms with E-state index >= 15 is 0 Å². The summed E-state index contributed by atoms with van der Waals surface area (Å²) in [6.07, 6.45) is 0.304. The highest BCUT2D eigenvalue weighted by Gasteiger charge is 2.29. The fourth-order valence-electron chi connectivity index (χ4n) is 1.12. The SMILES string of the molecule is NS(=O)(=O)NC1CCS(=O)(=O)C1. The normalized spacial score (nSPS) is 28.9. The Balaban J connectivity index is 2.61. The molecule has 1 unspecified atom stereocenters. The van der Waals surface area contributed by atoms with E-state index in [2.05, 4.69) is 5.14 Å². The van der Waals surface area contributed by atoms with E-state index in [-0.39, 0.29) is 11.5 Å². The van der Waals surface area contributed by atoms with Crippen LogP contribution in [0.2, 0.25) is 0 Å². The first kappa shape index (κ1) is 9.90. The zero-order chi connectivity index (χ0) is 9.41. The summed E-state index contributed by atoms with van der Waals surface area (Å²) in [6, 6.07) is -0.551. The molecular weight excluding hydrogens is 204 g/mol. The van der Waals surface area contributed by atoms with Crippen molar-refractivity contribution in [2.45, 2.75) is 12.5 Å². The Morgan fingerprint density at radius 1 is 1.42 bits per heavy atom. The average molecular weight is 214 g/mol. The Bertz CT molecular complexity index is 357. The fourth-order valence-corrected chi connectivity index (χ4v) is 3.56. The Labute approximate surface area is 71.2 Å². The van der Waals surface area contributed by atoms with Crippen LogP contribution in [0.25, 0.3) is 0 Å². The van der Waals surface area contributed by atoms with E-state index in [4.69, 9.17) is 0 Å². The molecule has 3 N–H and O–H groups in total. The van der Waals surface area contributed by atoms with Crippen LogP contribution >= 0.6 is 0 Å². The third-order valence-corrected chi connectivity index (χ3v) is 3.99. The minimum absolute atomic E-state index is 0.0280. The first-order valence-corrected chi connectivity index (χ1v) is 6.66. The number of nitrogens with one attached hydrogen (secondary N) is 1. The van der Waals surface area contributed by atoms with Crippen LogP contribution in [0.4, 0.5) is 0 Å². The lowest BCUT2D eigenvalue weighted by atomic mass is 10.3. The molecule has 1 atom stereocenters. The predicted octanol–water partition coefficient (Wildman–Crippen LogP) is -2.03. The largest absolute Gasteiger partial charge is 0.274 e. The van der Waals surface area contributed by atoms with Gasteiger partial charge in [0.25, 0.3) is 10.2 Å². The van der Waals surface area contributed by atoms with Crippen molar-refractivity contribution in [3.05, 3.63) is 0 Å². The van der Waals surface area contributed by atoms with Gasteiger partial charge in [-0.15, -0.1) is 0 Å². The van der Waals surface area contributed by atoms with Gasteiger partial charge in [0.05, 0.1) is 11.5 Å². The molecule has 1 aliphatic heterocycles. The van der Waals surface area contributed by atoms with E-state index in [0.717, 1.165) is 0 Å². The van der Waals surface area contributed by atoms with Crippen molar-refractivity contribution in [1.82, 2.24) is 4.72 Å². The lowest BCUT2D eigenvalue weighted by Gasteiger charge is -2.06. The van der Waals surface area contributed by atoms with Crippen molar-refractivity contribution in [3.8, 4) is 0 Å². The van der Waals surface area contributed by atoms with Gasteiger partial charge in [-0.25, -0.2) is 13.6 Å². The smallest absolute Gasteiger partial charge is 0.229 e. The highest BCUT2D eigenvalue weighted by Crippen LogP contribution is 2.11. The molecule has 12 heavy (non-hydrogen) atoms. The van der Waals surface area contributed by atoms with Crippen molar-refractivity contribution in [2.24, 2.45) is 5.14 Å². The lowest BCUT2D eigenvalue weighted by molar-refractivity contribution is 0.564. The van der Waals surface area contributed by atoms with Crippen molar-refractivity contribution in [3.63, 3.8) is 0 Å². The Morgan fingerprint density at radius 3 is 2.33 bits per heavy atom. The molecule has 0 bridgehead atoms. The predicted molar refractivity (Wildman–Crippen MR) is 43.3 cm³/mol. The van der Waals surface area contributed by atoms with Crippen molar-refractivity contribution in [1.29, 1.82) is 0 Å². The second-order valence-electron chi connectivity index (χ2n) is 2.76. The topological polar surface area (TPSA) is 106 Å².